The van der Waals surface area contributed by atoms with E-state index in [4.69, 9.17) is 18.9 Å². The molecular weight excluding hydrogens is 677 g/mol. The zero-order valence-electron chi connectivity index (χ0n) is 29.1. The molecule has 0 radical (unpaired) electrons. The summed E-state index contributed by atoms with van der Waals surface area (Å²) in [6.07, 6.45) is 5.33. The number of ether oxygens (including phenoxy) is 4. The van der Waals surface area contributed by atoms with E-state index >= 15 is 0 Å². The van der Waals surface area contributed by atoms with Gasteiger partial charge in [0.25, 0.3) is 0 Å². The molecule has 0 spiro atoms. The second kappa shape index (κ2) is 15.9. The van der Waals surface area contributed by atoms with Gasteiger partial charge in [-0.15, -0.1) is 0 Å². The maximum Gasteiger partial charge on any atom is 0.197 e. The zero-order valence-corrected chi connectivity index (χ0v) is 30.8. The summed E-state index contributed by atoms with van der Waals surface area (Å²) >= 11 is 0. The normalized spacial score (nSPS) is 13.4. The molecular formula is C36H46N6O6S2. The van der Waals surface area contributed by atoms with Crippen LogP contribution in [0, 0.1) is 27.7 Å². The van der Waals surface area contributed by atoms with Gasteiger partial charge < -0.3 is 33.5 Å². The van der Waals surface area contributed by atoms with E-state index in [0.29, 0.717) is 16.1 Å². The minimum Gasteiger partial charge on any atom is -0.497 e. The van der Waals surface area contributed by atoms with Crippen molar-refractivity contribution in [1.29, 1.82) is 0 Å². The van der Waals surface area contributed by atoms with E-state index in [0.717, 1.165) is 78.7 Å². The minimum absolute atomic E-state index is 0. The van der Waals surface area contributed by atoms with Crippen LogP contribution in [-0.4, -0.2) is 73.4 Å². The number of nitrogens with one attached hydrogen (secondary N) is 2. The summed E-state index contributed by atoms with van der Waals surface area (Å²) in [6, 6.07) is 11.1. The number of nitrogens with zero attached hydrogens (tertiary/aromatic N) is 4. The Morgan fingerprint density at radius 2 is 1.24 bits per heavy atom. The van der Waals surface area contributed by atoms with Crippen molar-refractivity contribution in [2.45, 2.75) is 56.9 Å². The molecule has 4 heterocycles. The van der Waals surface area contributed by atoms with Crippen molar-refractivity contribution in [3.05, 3.63) is 82.4 Å². The van der Waals surface area contributed by atoms with Gasteiger partial charge >= 0.3 is 0 Å². The maximum atomic E-state index is 12.7. The fourth-order valence-electron chi connectivity index (χ4n) is 5.46. The predicted octanol–water partition coefficient (Wildman–Crippen LogP) is 7.59. The SMILES string of the molecule is C.COc1ccc2nc(S(=O)Cc3ncc(C)c(OC)c3C)[nH]c2c1.COc1ccc2nc(S(C)(O)Cc3ncc(C)c(OC)c3C)[nH]c2c1. The average molecular weight is 723 g/mol. The maximum absolute atomic E-state index is 12.7. The standard InChI is InChI=1S/C18H23N3O3S.C17H19N3O3S.CH4/c1-11-9-19-16(12(2)17(11)24-4)10-25(5,22)18-20-14-7-6-13(23-3)8-15(14)21-18;1-10-8-18-15(11(2)16(10)23-4)9-24(21)17-19-13-6-5-12(22-3)7-14(13)20-17;/h6-9,22H,10H2,1-5H3,(H,20,21);5-8H,9H2,1-4H3,(H,19,20);1H4. The van der Waals surface area contributed by atoms with Crippen LogP contribution >= 0.6 is 10.3 Å². The van der Waals surface area contributed by atoms with E-state index in [-0.39, 0.29) is 13.2 Å². The first-order valence-corrected chi connectivity index (χ1v) is 18.8. The average Bonchev–Trinajstić information content (AvgIpc) is 3.72. The Kier molecular flexibility index (Phi) is 12.1. The Labute approximate surface area is 297 Å². The van der Waals surface area contributed by atoms with Gasteiger partial charge in [0.05, 0.1) is 78.4 Å². The van der Waals surface area contributed by atoms with Crippen LogP contribution in [0.4, 0.5) is 0 Å². The second-order valence-corrected chi connectivity index (χ2v) is 15.7. The molecule has 0 saturated heterocycles. The zero-order chi connectivity index (χ0) is 35.5. The van der Waals surface area contributed by atoms with Crippen LogP contribution in [0.1, 0.15) is 41.1 Å². The number of hydrogen-bond donors (Lipinski definition) is 3. The van der Waals surface area contributed by atoms with Gasteiger partial charge in [-0.1, -0.05) is 17.7 Å². The number of aryl methyl sites for hydroxylation is 2. The number of fused-ring (bicyclic) bond motifs is 2. The molecule has 6 aromatic rings. The third kappa shape index (κ3) is 8.03. The van der Waals surface area contributed by atoms with Crippen LogP contribution in [0.3, 0.4) is 0 Å². The quantitative estimate of drug-likeness (QED) is 0.129. The lowest BCUT2D eigenvalue weighted by Crippen LogP contribution is -2.07. The summed E-state index contributed by atoms with van der Waals surface area (Å²) in [5, 5.41) is 1.01. The van der Waals surface area contributed by atoms with Gasteiger partial charge in [-0.25, -0.2) is 9.97 Å². The van der Waals surface area contributed by atoms with Crippen LogP contribution in [0.2, 0.25) is 0 Å². The Morgan fingerprint density at radius 3 is 1.78 bits per heavy atom. The van der Waals surface area contributed by atoms with E-state index < -0.39 is 21.1 Å². The van der Waals surface area contributed by atoms with Crippen molar-refractivity contribution in [2.24, 2.45) is 0 Å². The van der Waals surface area contributed by atoms with Crippen LogP contribution < -0.4 is 18.9 Å². The first kappa shape index (κ1) is 38.1. The Balaban J connectivity index is 0.000000220. The number of H-pyrrole nitrogens is 2. The minimum atomic E-state index is -2.18. The molecule has 0 bridgehead atoms. The first-order chi connectivity index (χ1) is 23.4. The van der Waals surface area contributed by atoms with Gasteiger partial charge in [0, 0.05) is 52.5 Å². The first-order valence-electron chi connectivity index (χ1n) is 15.3. The molecule has 268 valence electrons. The van der Waals surface area contributed by atoms with Crippen LogP contribution in [0.25, 0.3) is 22.1 Å². The third-order valence-electron chi connectivity index (χ3n) is 8.15. The lowest BCUT2D eigenvalue weighted by Gasteiger charge is -2.27. The molecule has 0 aliphatic rings. The fourth-order valence-corrected chi connectivity index (χ4v) is 8.15. The molecule has 0 saturated carbocycles. The summed E-state index contributed by atoms with van der Waals surface area (Å²) in [5.74, 6) is 3.76. The molecule has 0 amide bonds. The van der Waals surface area contributed by atoms with Gasteiger partial charge in [-0.2, -0.15) is 0 Å². The van der Waals surface area contributed by atoms with Crippen molar-refractivity contribution >= 4 is 43.2 Å². The largest absolute Gasteiger partial charge is 0.497 e. The molecule has 14 heteroatoms. The number of rotatable bonds is 10. The summed E-state index contributed by atoms with van der Waals surface area (Å²) in [4.78, 5) is 24.2. The van der Waals surface area contributed by atoms with Gasteiger partial charge in [-0.3, -0.25) is 14.2 Å². The number of methoxy groups -OCH3 is 4. The van der Waals surface area contributed by atoms with E-state index in [1.54, 1.807) is 40.8 Å². The van der Waals surface area contributed by atoms with Crippen LogP contribution in [0.5, 0.6) is 23.0 Å². The molecule has 0 aliphatic heterocycles. The van der Waals surface area contributed by atoms with Gasteiger partial charge in [0.1, 0.15) is 23.0 Å². The summed E-state index contributed by atoms with van der Waals surface area (Å²) < 4.78 is 45.1. The Morgan fingerprint density at radius 1 is 0.740 bits per heavy atom. The molecule has 0 fully saturated rings. The van der Waals surface area contributed by atoms with Crippen molar-refractivity contribution < 1.29 is 27.7 Å². The lowest BCUT2D eigenvalue weighted by atomic mass is 10.1. The van der Waals surface area contributed by atoms with E-state index in [9.17, 15) is 8.76 Å². The highest BCUT2D eigenvalue weighted by Gasteiger charge is 2.25. The molecule has 6 rings (SSSR count). The van der Waals surface area contributed by atoms with Gasteiger partial charge in [-0.05, 0) is 58.2 Å². The molecule has 4 aromatic heterocycles. The van der Waals surface area contributed by atoms with Crippen molar-refractivity contribution in [1.82, 2.24) is 29.9 Å². The van der Waals surface area contributed by atoms with E-state index in [1.165, 1.54) is 0 Å². The predicted molar refractivity (Wildman–Crippen MR) is 201 cm³/mol. The van der Waals surface area contributed by atoms with E-state index in [1.807, 2.05) is 70.3 Å². The Bertz CT molecular complexity index is 2150. The van der Waals surface area contributed by atoms with Gasteiger partial charge in [0.15, 0.2) is 10.3 Å². The molecule has 50 heavy (non-hydrogen) atoms. The fraction of sp³-hybridized carbons (Fsp3) is 0.333. The lowest BCUT2D eigenvalue weighted by molar-refractivity contribution is 0.407. The topological polar surface area (TPSA) is 157 Å². The monoisotopic (exact) mass is 722 g/mol. The molecule has 2 aromatic carbocycles. The highest BCUT2D eigenvalue weighted by molar-refractivity contribution is 8.27. The van der Waals surface area contributed by atoms with Crippen LogP contribution in [0.15, 0.2) is 59.1 Å². The van der Waals surface area contributed by atoms with Crippen LogP contribution in [-0.2, 0) is 22.3 Å². The number of pyridine rings is 2. The highest BCUT2D eigenvalue weighted by Crippen LogP contribution is 2.51. The van der Waals surface area contributed by atoms with Crippen molar-refractivity contribution in [3.63, 3.8) is 0 Å². The summed E-state index contributed by atoms with van der Waals surface area (Å²) in [6.45, 7) is 7.79. The summed E-state index contributed by atoms with van der Waals surface area (Å²) in [5.41, 5.74) is 8.55. The highest BCUT2D eigenvalue weighted by atomic mass is 32.3. The van der Waals surface area contributed by atoms with Crippen molar-refractivity contribution in [3.8, 4) is 23.0 Å². The molecule has 0 aliphatic carbocycles. The number of aromatic amines is 2. The smallest absolute Gasteiger partial charge is 0.197 e. The number of hydrogen-bond acceptors (Lipinski definition) is 10. The van der Waals surface area contributed by atoms with E-state index in [2.05, 4.69) is 29.9 Å². The Hall–Kier alpha value is -4.66. The number of benzene rings is 2. The van der Waals surface area contributed by atoms with Crippen molar-refractivity contribution in [2.75, 3.05) is 34.7 Å². The molecule has 12 nitrogen and oxygen atoms in total. The molecule has 2 unspecified atom stereocenters. The third-order valence-corrected chi connectivity index (χ3v) is 11.2. The number of aromatic nitrogens is 6. The molecule has 2 atom stereocenters. The second-order valence-electron chi connectivity index (χ2n) is 11.6. The van der Waals surface area contributed by atoms with Gasteiger partial charge in [0.2, 0.25) is 0 Å². The molecule has 3 N–H and O–H groups in total. The number of imidazole rings is 2. The summed E-state index contributed by atoms with van der Waals surface area (Å²) in [7, 11) is 3.00.